The largest absolute Gasteiger partial charge is 0.354 e. The third-order valence-electron chi connectivity index (χ3n) is 8.64. The molecule has 1 N–H and O–H groups in total. The van der Waals surface area contributed by atoms with E-state index in [0.29, 0.717) is 0 Å². The van der Waals surface area contributed by atoms with Crippen LogP contribution in [0.2, 0.25) is 0 Å². The number of nitrogens with one attached hydrogen (secondary N) is 1. The van der Waals surface area contributed by atoms with E-state index in [1.54, 1.807) is 0 Å². The van der Waals surface area contributed by atoms with Crippen LogP contribution in [0.4, 0.5) is 0 Å². The lowest BCUT2D eigenvalue weighted by Crippen LogP contribution is -2.14. The van der Waals surface area contributed by atoms with E-state index in [2.05, 4.69) is 140 Å². The number of aromatic amines is 1. The molecule has 1 aliphatic carbocycles. The van der Waals surface area contributed by atoms with Crippen molar-refractivity contribution < 1.29 is 0 Å². The molecule has 0 saturated heterocycles. The fraction of sp³-hybridized carbons (Fsp3) is 0.0811. The molecule has 1 heterocycles. The van der Waals surface area contributed by atoms with Gasteiger partial charge in [0.2, 0.25) is 0 Å². The standard InChI is InChI=1S/C37H27N/c1-37(2)32-13-6-5-10-29(32)31-22-26(18-20-33(31)37)23-14-16-25(17-15-23)28-11-7-12-30-35-27-9-4-3-8-24(27)19-21-34(35)38-36(28)30/h3-22,38H,1-2H3. The Morgan fingerprint density at radius 3 is 2.08 bits per heavy atom. The maximum absolute atomic E-state index is 3.73. The van der Waals surface area contributed by atoms with Crippen LogP contribution >= 0.6 is 0 Å². The minimum atomic E-state index is 0.0396. The number of aromatic nitrogens is 1. The molecule has 1 heteroatoms. The highest BCUT2D eigenvalue weighted by molar-refractivity contribution is 6.22. The van der Waals surface area contributed by atoms with Gasteiger partial charge >= 0.3 is 0 Å². The molecule has 8 rings (SSSR count). The van der Waals surface area contributed by atoms with Crippen molar-refractivity contribution in [2.45, 2.75) is 19.3 Å². The van der Waals surface area contributed by atoms with Gasteiger partial charge in [-0.15, -0.1) is 0 Å². The molecule has 38 heavy (non-hydrogen) atoms. The maximum Gasteiger partial charge on any atom is 0.0544 e. The number of benzene rings is 6. The van der Waals surface area contributed by atoms with Gasteiger partial charge in [0.25, 0.3) is 0 Å². The van der Waals surface area contributed by atoms with E-state index in [1.165, 1.54) is 77.1 Å². The lowest BCUT2D eigenvalue weighted by Gasteiger charge is -2.21. The summed E-state index contributed by atoms with van der Waals surface area (Å²) >= 11 is 0. The Balaban J connectivity index is 1.23. The first-order chi connectivity index (χ1) is 18.6. The van der Waals surface area contributed by atoms with Crippen LogP contribution in [0.1, 0.15) is 25.0 Å². The Hall–Kier alpha value is -4.62. The van der Waals surface area contributed by atoms with Crippen LogP contribution in [-0.4, -0.2) is 4.98 Å². The molecule has 0 amide bonds. The zero-order chi connectivity index (χ0) is 25.4. The highest BCUT2D eigenvalue weighted by Gasteiger charge is 2.35. The van der Waals surface area contributed by atoms with Gasteiger partial charge in [0, 0.05) is 27.3 Å². The highest BCUT2D eigenvalue weighted by Crippen LogP contribution is 2.49. The second-order valence-corrected chi connectivity index (χ2v) is 11.1. The van der Waals surface area contributed by atoms with Crippen LogP contribution in [-0.2, 0) is 5.41 Å². The number of H-pyrrole nitrogens is 1. The fourth-order valence-electron chi connectivity index (χ4n) is 6.68. The third-order valence-corrected chi connectivity index (χ3v) is 8.64. The van der Waals surface area contributed by atoms with E-state index in [-0.39, 0.29) is 5.41 Å². The molecule has 1 nitrogen and oxygen atoms in total. The van der Waals surface area contributed by atoms with Gasteiger partial charge < -0.3 is 4.98 Å². The van der Waals surface area contributed by atoms with Crippen molar-refractivity contribution >= 4 is 32.6 Å². The molecular weight excluding hydrogens is 458 g/mol. The van der Waals surface area contributed by atoms with Gasteiger partial charge in [0.15, 0.2) is 0 Å². The van der Waals surface area contributed by atoms with E-state index in [1.807, 2.05) is 0 Å². The Labute approximate surface area is 222 Å². The summed E-state index contributed by atoms with van der Waals surface area (Å²) in [6, 6.07) is 44.6. The topological polar surface area (TPSA) is 15.8 Å². The molecular formula is C37H27N. The molecule has 0 saturated carbocycles. The predicted octanol–water partition coefficient (Wildman–Crippen LogP) is 10.1. The van der Waals surface area contributed by atoms with Gasteiger partial charge in [-0.2, -0.15) is 0 Å². The fourth-order valence-corrected chi connectivity index (χ4v) is 6.68. The second-order valence-electron chi connectivity index (χ2n) is 11.1. The molecule has 1 aromatic heterocycles. The minimum absolute atomic E-state index is 0.0396. The molecule has 0 spiro atoms. The number of hydrogen-bond acceptors (Lipinski definition) is 0. The Bertz CT molecular complexity index is 2040. The lowest BCUT2D eigenvalue weighted by atomic mass is 9.82. The summed E-state index contributed by atoms with van der Waals surface area (Å²) in [5, 5.41) is 5.15. The molecule has 1 aliphatic rings. The third kappa shape index (κ3) is 2.93. The van der Waals surface area contributed by atoms with Crippen molar-refractivity contribution in [3.05, 3.63) is 132 Å². The molecule has 0 unspecified atom stereocenters. The summed E-state index contributed by atoms with van der Waals surface area (Å²) in [5.41, 5.74) is 12.9. The SMILES string of the molecule is CC1(C)c2ccccc2-c2cc(-c3ccc(-c4cccc5c4[nH]c4ccc6ccccc6c45)cc3)ccc21. The van der Waals surface area contributed by atoms with Crippen LogP contribution in [0.5, 0.6) is 0 Å². The van der Waals surface area contributed by atoms with Crippen LogP contribution < -0.4 is 0 Å². The average molecular weight is 486 g/mol. The van der Waals surface area contributed by atoms with Crippen molar-refractivity contribution in [3.63, 3.8) is 0 Å². The van der Waals surface area contributed by atoms with Gasteiger partial charge in [0.1, 0.15) is 0 Å². The Morgan fingerprint density at radius 1 is 0.500 bits per heavy atom. The van der Waals surface area contributed by atoms with Gasteiger partial charge in [-0.05, 0) is 61.8 Å². The molecule has 7 aromatic rings. The average Bonchev–Trinajstić information content (AvgIpc) is 3.46. The molecule has 6 aromatic carbocycles. The van der Waals surface area contributed by atoms with E-state index in [9.17, 15) is 0 Å². The zero-order valence-electron chi connectivity index (χ0n) is 21.5. The van der Waals surface area contributed by atoms with Crippen LogP contribution in [0.15, 0.2) is 121 Å². The van der Waals surface area contributed by atoms with E-state index >= 15 is 0 Å². The smallest absolute Gasteiger partial charge is 0.0544 e. The lowest BCUT2D eigenvalue weighted by molar-refractivity contribution is 0.660. The van der Waals surface area contributed by atoms with Crippen LogP contribution in [0.25, 0.3) is 66.0 Å². The molecule has 0 fully saturated rings. The summed E-state index contributed by atoms with van der Waals surface area (Å²) in [6.45, 7) is 4.67. The molecule has 0 radical (unpaired) electrons. The summed E-state index contributed by atoms with van der Waals surface area (Å²) in [6.07, 6.45) is 0. The summed E-state index contributed by atoms with van der Waals surface area (Å²) in [5.74, 6) is 0. The number of para-hydroxylation sites is 1. The zero-order valence-corrected chi connectivity index (χ0v) is 21.5. The van der Waals surface area contributed by atoms with Crippen molar-refractivity contribution in [2.75, 3.05) is 0 Å². The van der Waals surface area contributed by atoms with E-state index < -0.39 is 0 Å². The molecule has 0 aliphatic heterocycles. The monoisotopic (exact) mass is 485 g/mol. The molecule has 180 valence electrons. The quantitative estimate of drug-likeness (QED) is 0.251. The summed E-state index contributed by atoms with van der Waals surface area (Å²) in [7, 11) is 0. The van der Waals surface area contributed by atoms with Gasteiger partial charge in [-0.25, -0.2) is 0 Å². The summed E-state index contributed by atoms with van der Waals surface area (Å²) < 4.78 is 0. The van der Waals surface area contributed by atoms with Crippen molar-refractivity contribution in [1.29, 1.82) is 0 Å². The normalized spacial score (nSPS) is 13.7. The maximum atomic E-state index is 3.73. The summed E-state index contributed by atoms with van der Waals surface area (Å²) in [4.78, 5) is 3.73. The van der Waals surface area contributed by atoms with E-state index in [4.69, 9.17) is 0 Å². The van der Waals surface area contributed by atoms with Crippen molar-refractivity contribution in [3.8, 4) is 33.4 Å². The van der Waals surface area contributed by atoms with E-state index in [0.717, 1.165) is 0 Å². The Kier molecular flexibility index (Phi) is 4.35. The van der Waals surface area contributed by atoms with Gasteiger partial charge in [-0.3, -0.25) is 0 Å². The van der Waals surface area contributed by atoms with Crippen LogP contribution in [0, 0.1) is 0 Å². The van der Waals surface area contributed by atoms with Gasteiger partial charge in [0.05, 0.1) is 5.52 Å². The minimum Gasteiger partial charge on any atom is -0.354 e. The predicted molar refractivity (Wildman–Crippen MR) is 162 cm³/mol. The first kappa shape index (κ1) is 21.5. The Morgan fingerprint density at radius 2 is 1.18 bits per heavy atom. The molecule has 0 bridgehead atoms. The first-order valence-electron chi connectivity index (χ1n) is 13.4. The first-order valence-corrected chi connectivity index (χ1v) is 13.4. The van der Waals surface area contributed by atoms with Crippen LogP contribution in [0.3, 0.4) is 0 Å². The van der Waals surface area contributed by atoms with Gasteiger partial charge in [-0.1, -0.05) is 123 Å². The highest BCUT2D eigenvalue weighted by atomic mass is 14.7. The number of fused-ring (bicyclic) bond motifs is 8. The van der Waals surface area contributed by atoms with Crippen molar-refractivity contribution in [2.24, 2.45) is 0 Å². The van der Waals surface area contributed by atoms with Crippen molar-refractivity contribution in [1.82, 2.24) is 4.98 Å². The number of hydrogen-bond donors (Lipinski definition) is 1. The number of rotatable bonds is 2. The second kappa shape index (κ2) is 7.69. The molecule has 0 atom stereocenters.